The summed E-state index contributed by atoms with van der Waals surface area (Å²) in [5.74, 6) is 0.671. The first-order valence-corrected chi connectivity index (χ1v) is 14.3. The van der Waals surface area contributed by atoms with Crippen molar-refractivity contribution in [2.75, 3.05) is 11.8 Å². The smallest absolute Gasteiger partial charge is 0.230 e. The zero-order valence-corrected chi connectivity index (χ0v) is 15.9. The van der Waals surface area contributed by atoms with Crippen molar-refractivity contribution in [2.24, 2.45) is 0 Å². The topological polar surface area (TPSA) is 58.2 Å². The third-order valence-corrected chi connectivity index (χ3v) is 13.7. The van der Waals surface area contributed by atoms with Gasteiger partial charge in [-0.1, -0.05) is 86.4 Å². The van der Waals surface area contributed by atoms with E-state index < -0.39 is 0 Å². The number of carbonyl (C=O) groups is 2. The molecule has 2 amide bonds. The molecule has 0 aromatic heterocycles. The second-order valence-electron chi connectivity index (χ2n) is 3.06. The quantitative estimate of drug-likeness (QED) is 0.183. The highest BCUT2D eigenvalue weighted by atomic mass is 33.2. The molecule has 2 rings (SSSR count). The molecule has 0 aromatic carbocycles. The van der Waals surface area contributed by atoms with Gasteiger partial charge in [-0.3, -0.25) is 9.59 Å². The molecule has 2 aliphatic rings. The van der Waals surface area contributed by atoms with Gasteiger partial charge in [0.2, 0.25) is 11.8 Å². The second kappa shape index (κ2) is 9.70. The highest BCUT2D eigenvalue weighted by Gasteiger charge is 2.25. The van der Waals surface area contributed by atoms with E-state index in [4.69, 9.17) is 0 Å². The minimum atomic E-state index is -0.215. The number of carbonyl (C=O) groups excluding carboxylic acids is 2. The van der Waals surface area contributed by atoms with Crippen LogP contribution in [0.15, 0.2) is 0 Å². The Morgan fingerprint density at radius 1 is 0.842 bits per heavy atom. The third-order valence-electron chi connectivity index (χ3n) is 1.62. The minimum Gasteiger partial charge on any atom is -0.346 e. The summed E-state index contributed by atoms with van der Waals surface area (Å²) in [5, 5.41) is 5.44. The molecule has 0 radical (unpaired) electrons. The predicted molar refractivity (Wildman–Crippen MR) is 98.9 cm³/mol. The Hall–Kier alpha value is 1.74. The first-order chi connectivity index (χ1) is 9.24. The number of hydrogen-bond acceptors (Lipinski definition) is 10. The summed E-state index contributed by atoms with van der Waals surface area (Å²) < 4.78 is 1.23. The largest absolute Gasteiger partial charge is 0.346 e. The predicted octanol–water partition coefficient (Wildman–Crippen LogP) is 3.64. The number of nitrogens with one attached hydrogen (secondary N) is 2. The van der Waals surface area contributed by atoms with Crippen LogP contribution in [-0.4, -0.2) is 31.4 Å². The molecular weight excluding hydrogens is 401 g/mol. The van der Waals surface area contributed by atoms with Gasteiger partial charge in [0.15, 0.2) is 0 Å². The first-order valence-electron chi connectivity index (χ1n) is 4.98. The second-order valence-corrected chi connectivity index (χ2v) is 14.8. The summed E-state index contributed by atoms with van der Waals surface area (Å²) in [5.41, 5.74) is 0. The lowest BCUT2D eigenvalue weighted by molar-refractivity contribution is -0.128. The summed E-state index contributed by atoms with van der Waals surface area (Å²) in [7, 11) is 14.0. The number of rotatable bonds is 10. The summed E-state index contributed by atoms with van der Waals surface area (Å²) >= 11 is 0. The highest BCUT2D eigenvalue weighted by molar-refractivity contribution is 9.02. The molecule has 0 spiro atoms. The molecule has 0 aliphatic carbocycles. The normalized spacial score (nSPS) is 18.1. The van der Waals surface area contributed by atoms with Gasteiger partial charge in [-0.2, -0.15) is 0 Å². The molecule has 2 aliphatic heterocycles. The van der Waals surface area contributed by atoms with Crippen molar-refractivity contribution < 1.29 is 9.59 Å². The fraction of sp³-hybridized carbons (Fsp3) is 0.714. The summed E-state index contributed by atoms with van der Waals surface area (Å²) in [6.45, 7) is 0. The van der Waals surface area contributed by atoms with E-state index in [-0.39, 0.29) is 18.2 Å². The van der Waals surface area contributed by atoms with Crippen molar-refractivity contribution in [3.63, 3.8) is 0 Å². The van der Waals surface area contributed by atoms with Crippen LogP contribution in [0.5, 0.6) is 0 Å². The number of amides is 2. The molecule has 2 saturated heterocycles. The third kappa shape index (κ3) is 9.38. The van der Waals surface area contributed by atoms with Crippen molar-refractivity contribution >= 4 is 98.2 Å². The molecule has 0 unspecified atom stereocenters. The van der Waals surface area contributed by atoms with Gasteiger partial charge in [0.1, 0.15) is 14.2 Å². The molecule has 0 bridgehead atoms. The van der Waals surface area contributed by atoms with Crippen LogP contribution in [-0.2, 0) is 9.59 Å². The van der Waals surface area contributed by atoms with Gasteiger partial charge in [0.25, 0.3) is 0 Å². The molecule has 4 nitrogen and oxygen atoms in total. The highest BCUT2D eigenvalue weighted by Crippen LogP contribution is 2.62. The standard InChI is InChI=1S/C7H10N2O2S8/c10-4(8-2-12-14-6-16-17-6)1-5(11)9-3-13-15-7-18-19-7/h6-7H,1-3H2,(H,8,10)(H,9,11). The Morgan fingerprint density at radius 2 is 1.26 bits per heavy atom. The monoisotopic (exact) mass is 410 g/mol. The van der Waals surface area contributed by atoms with E-state index in [1.807, 2.05) is 43.2 Å². The lowest BCUT2D eigenvalue weighted by Crippen LogP contribution is -2.31. The van der Waals surface area contributed by atoms with E-state index in [2.05, 4.69) is 10.6 Å². The van der Waals surface area contributed by atoms with Crippen LogP contribution in [0, 0.1) is 0 Å². The molecule has 2 heterocycles. The van der Waals surface area contributed by atoms with Crippen molar-refractivity contribution in [2.45, 2.75) is 14.2 Å². The van der Waals surface area contributed by atoms with Crippen LogP contribution in [0.1, 0.15) is 6.42 Å². The molecule has 0 atom stereocenters. The summed E-state index contributed by atoms with van der Waals surface area (Å²) in [4.78, 5) is 22.9. The minimum absolute atomic E-state index is 0.0870. The fourth-order valence-electron chi connectivity index (χ4n) is 0.779. The van der Waals surface area contributed by atoms with Gasteiger partial charge in [-0.05, 0) is 0 Å². The zero-order valence-electron chi connectivity index (χ0n) is 9.36. The van der Waals surface area contributed by atoms with Gasteiger partial charge in [-0.15, -0.1) is 0 Å². The molecular formula is C7H10N2O2S8. The van der Waals surface area contributed by atoms with Crippen LogP contribution in [0.25, 0.3) is 0 Å². The first kappa shape index (κ1) is 17.1. The fourth-order valence-corrected chi connectivity index (χ4v) is 11.3. The van der Waals surface area contributed by atoms with Gasteiger partial charge in [0.05, 0.1) is 11.8 Å². The van der Waals surface area contributed by atoms with E-state index in [1.165, 1.54) is 0 Å². The van der Waals surface area contributed by atoms with Crippen molar-refractivity contribution in [3.05, 3.63) is 0 Å². The summed E-state index contributed by atoms with van der Waals surface area (Å²) in [6.07, 6.45) is -0.0870. The maximum atomic E-state index is 11.4. The molecule has 12 heteroatoms. The average molecular weight is 411 g/mol. The van der Waals surface area contributed by atoms with Crippen LogP contribution < -0.4 is 10.6 Å². The molecule has 0 saturated carbocycles. The van der Waals surface area contributed by atoms with Gasteiger partial charge in [-0.25, -0.2) is 0 Å². The maximum Gasteiger partial charge on any atom is 0.230 e. The average Bonchev–Trinajstić information content (AvgIpc) is 3.25. The van der Waals surface area contributed by atoms with E-state index in [0.29, 0.717) is 19.6 Å². The molecule has 108 valence electrons. The Morgan fingerprint density at radius 3 is 1.63 bits per heavy atom. The zero-order chi connectivity index (χ0) is 13.5. The molecule has 2 N–H and O–H groups in total. The van der Waals surface area contributed by atoms with Crippen molar-refractivity contribution in [1.29, 1.82) is 0 Å². The maximum absolute atomic E-state index is 11.4. The van der Waals surface area contributed by atoms with Crippen LogP contribution >= 0.6 is 86.4 Å². The molecule has 19 heavy (non-hydrogen) atoms. The van der Waals surface area contributed by atoms with E-state index in [1.54, 1.807) is 43.2 Å². The van der Waals surface area contributed by atoms with Gasteiger partial charge >= 0.3 is 0 Å². The summed E-state index contributed by atoms with van der Waals surface area (Å²) in [6, 6.07) is 0. The number of hydrogen-bond donors (Lipinski definition) is 2. The van der Waals surface area contributed by atoms with Gasteiger partial charge in [0, 0.05) is 0 Å². The lowest BCUT2D eigenvalue weighted by atomic mass is 10.4. The van der Waals surface area contributed by atoms with Crippen LogP contribution in [0.4, 0.5) is 0 Å². The Bertz CT molecular complexity index is 294. The van der Waals surface area contributed by atoms with Crippen molar-refractivity contribution in [3.8, 4) is 0 Å². The Labute approximate surface area is 143 Å². The van der Waals surface area contributed by atoms with Gasteiger partial charge < -0.3 is 10.6 Å². The Balaban J connectivity index is 1.40. The molecule has 2 fully saturated rings. The van der Waals surface area contributed by atoms with Crippen LogP contribution in [0.3, 0.4) is 0 Å². The van der Waals surface area contributed by atoms with Crippen LogP contribution in [0.2, 0.25) is 0 Å². The SMILES string of the molecule is O=C(CC(=O)NCSSC1SS1)NCSSC1SS1. The Kier molecular flexibility index (Phi) is 8.73. The van der Waals surface area contributed by atoms with E-state index in [0.717, 1.165) is 0 Å². The van der Waals surface area contributed by atoms with E-state index >= 15 is 0 Å². The van der Waals surface area contributed by atoms with E-state index in [9.17, 15) is 9.59 Å². The van der Waals surface area contributed by atoms with Crippen molar-refractivity contribution in [1.82, 2.24) is 10.6 Å². The lowest BCUT2D eigenvalue weighted by Gasteiger charge is -2.05. The molecule has 0 aromatic rings.